The number of hydrogen-bond donors (Lipinski definition) is 0. The molecule has 2 fully saturated rings. The summed E-state index contributed by atoms with van der Waals surface area (Å²) in [6.45, 7) is 8.35. The molecular formula is C24H30F16O11. The lowest BCUT2D eigenvalue weighted by Gasteiger charge is -2.23. The minimum absolute atomic E-state index is 0.0462. The first-order chi connectivity index (χ1) is 22.9. The molecule has 0 radical (unpaired) electrons. The molecule has 2 aliphatic rings. The van der Waals surface area contributed by atoms with E-state index in [1.54, 1.807) is 27.7 Å². The summed E-state index contributed by atoms with van der Waals surface area (Å²) in [5.41, 5.74) is 0. The molecule has 0 N–H and O–H groups in total. The Hall–Kier alpha value is -2.46. The van der Waals surface area contributed by atoms with Gasteiger partial charge in [0, 0.05) is 12.8 Å². The lowest BCUT2D eigenvalue weighted by atomic mass is 10.3. The highest BCUT2D eigenvalue weighted by Crippen LogP contribution is 2.48. The van der Waals surface area contributed by atoms with Crippen LogP contribution in [0.25, 0.3) is 0 Å². The molecule has 0 aromatic rings. The number of esters is 2. The van der Waals surface area contributed by atoms with E-state index in [0.29, 0.717) is 39.3 Å². The molecule has 27 heteroatoms. The van der Waals surface area contributed by atoms with Crippen molar-refractivity contribution in [3.63, 3.8) is 0 Å². The van der Waals surface area contributed by atoms with E-state index in [1.165, 1.54) is 9.88 Å². The van der Waals surface area contributed by atoms with E-state index in [4.69, 9.17) is 33.2 Å². The van der Waals surface area contributed by atoms with Crippen LogP contribution in [0.1, 0.15) is 40.5 Å². The maximum atomic E-state index is 11.5. The fourth-order valence-corrected chi connectivity index (χ4v) is 3.08. The fourth-order valence-electron chi connectivity index (χ4n) is 3.08. The van der Waals surface area contributed by atoms with Crippen LogP contribution in [0.2, 0.25) is 0 Å². The van der Waals surface area contributed by atoms with Gasteiger partial charge in [0.15, 0.2) is 0 Å². The maximum absolute atomic E-state index is 11.5. The van der Waals surface area contributed by atoms with Gasteiger partial charge in [-0.2, -0.15) is 61.5 Å². The van der Waals surface area contributed by atoms with E-state index >= 15 is 0 Å². The van der Waals surface area contributed by atoms with Crippen molar-refractivity contribution < 1.29 is 123 Å². The topological polar surface area (TPSA) is 117 Å². The fraction of sp³-hybridized carbons (Fsp3) is 0.917. The Morgan fingerprint density at radius 1 is 0.608 bits per heavy atom. The quantitative estimate of drug-likeness (QED) is 0.141. The van der Waals surface area contributed by atoms with Crippen LogP contribution >= 0.6 is 0 Å². The molecule has 2 saturated heterocycles. The summed E-state index contributed by atoms with van der Waals surface area (Å²) < 4.78 is 217. The molecule has 0 aromatic carbocycles. The van der Waals surface area contributed by atoms with E-state index in [1.807, 2.05) is 0 Å². The van der Waals surface area contributed by atoms with Crippen LogP contribution in [-0.4, -0.2) is 112 Å². The summed E-state index contributed by atoms with van der Waals surface area (Å²) in [5, 5.41) is 0. The molecule has 0 saturated carbocycles. The molecule has 0 aromatic heterocycles. The zero-order valence-corrected chi connectivity index (χ0v) is 26.3. The van der Waals surface area contributed by atoms with E-state index < -0.39 is 48.0 Å². The number of carbonyl (C=O) groups is 2. The Morgan fingerprint density at radius 2 is 0.902 bits per heavy atom. The zero-order valence-electron chi connectivity index (χ0n) is 26.3. The van der Waals surface area contributed by atoms with Crippen LogP contribution in [-0.2, 0) is 52.6 Å². The van der Waals surface area contributed by atoms with Crippen molar-refractivity contribution in [2.45, 2.75) is 101 Å². The molecule has 4 atom stereocenters. The summed E-state index contributed by atoms with van der Waals surface area (Å²) in [5.74, 6) is -15.6. The molecule has 0 aliphatic carbocycles. The summed E-state index contributed by atoms with van der Waals surface area (Å²) in [4.78, 5) is 25.0. The Kier molecular flexibility index (Phi) is 17.6. The molecule has 0 spiro atoms. The number of alkyl halides is 14. The van der Waals surface area contributed by atoms with Crippen molar-refractivity contribution >= 4 is 11.9 Å². The number of halogens is 16. The molecule has 0 bridgehead atoms. The molecule has 51 heavy (non-hydrogen) atoms. The SMILES string of the molecule is CCC(=O)OCC1(C)OCC(COCC2COC(C)(COC(=O)CC)O2)O1.FOC(F)(F)C(F)(F)C(F)(F)F.FOC(F)(F)C(F)(F)C(F)(F)F. The average Bonchev–Trinajstić information content (AvgIpc) is 3.60. The van der Waals surface area contributed by atoms with Crippen molar-refractivity contribution in [2.24, 2.45) is 0 Å². The predicted octanol–water partition coefficient (Wildman–Crippen LogP) is 6.53. The Morgan fingerprint density at radius 3 is 1.12 bits per heavy atom. The Balaban J connectivity index is 0.000000865. The van der Waals surface area contributed by atoms with E-state index in [9.17, 15) is 80.1 Å². The normalized spacial score (nSPS) is 24.6. The third kappa shape index (κ3) is 14.1. The van der Waals surface area contributed by atoms with Gasteiger partial charge in [0.2, 0.25) is 11.6 Å². The van der Waals surface area contributed by atoms with Gasteiger partial charge in [0.1, 0.15) is 25.4 Å². The van der Waals surface area contributed by atoms with Gasteiger partial charge in [-0.25, -0.2) is 0 Å². The van der Waals surface area contributed by atoms with Gasteiger partial charge in [-0.3, -0.25) is 9.59 Å². The highest BCUT2D eigenvalue weighted by molar-refractivity contribution is 5.69. The lowest BCUT2D eigenvalue weighted by molar-refractivity contribution is -0.471. The molecular weight excluding hydrogens is 768 g/mol. The third-order valence-electron chi connectivity index (χ3n) is 5.79. The number of hydrogen-bond acceptors (Lipinski definition) is 11. The van der Waals surface area contributed by atoms with Gasteiger partial charge in [-0.15, -0.1) is 9.88 Å². The number of rotatable bonds is 14. The van der Waals surface area contributed by atoms with Crippen molar-refractivity contribution in [2.75, 3.05) is 39.6 Å². The second-order valence-electron chi connectivity index (χ2n) is 10.3. The smallest absolute Gasteiger partial charge is 0.460 e. The number of carbonyl (C=O) groups excluding carboxylic acids is 2. The van der Waals surface area contributed by atoms with E-state index in [2.05, 4.69) is 0 Å². The van der Waals surface area contributed by atoms with Crippen molar-refractivity contribution in [3.05, 3.63) is 0 Å². The standard InChI is InChI=1S/C18H30O9.2C3F8O/c1-5-15(19)22-11-17(3)24-9-13(26-17)7-21-8-14-10-25-18(4,27-14)12-23-16(20)6-2;2*4-1(5,2(6,7)8)3(9,10)12-11/h13-14H,5-12H2,1-4H3;;. The van der Waals surface area contributed by atoms with Gasteiger partial charge in [-0.05, 0) is 22.9 Å². The summed E-state index contributed by atoms with van der Waals surface area (Å²) in [6, 6.07) is 0. The highest BCUT2D eigenvalue weighted by Gasteiger charge is 2.76. The van der Waals surface area contributed by atoms with Crippen LogP contribution in [0.3, 0.4) is 0 Å². The van der Waals surface area contributed by atoms with Gasteiger partial charge >= 0.3 is 48.4 Å². The van der Waals surface area contributed by atoms with Crippen LogP contribution in [0, 0.1) is 0 Å². The molecule has 2 heterocycles. The van der Waals surface area contributed by atoms with Crippen LogP contribution in [0.15, 0.2) is 0 Å². The summed E-state index contributed by atoms with van der Waals surface area (Å²) in [6.07, 6.45) is -25.4. The Bertz CT molecular complexity index is 1010. The van der Waals surface area contributed by atoms with Crippen molar-refractivity contribution in [1.29, 1.82) is 0 Å². The second-order valence-corrected chi connectivity index (χ2v) is 10.3. The van der Waals surface area contributed by atoms with Gasteiger partial charge < -0.3 is 33.2 Å². The minimum Gasteiger partial charge on any atom is -0.460 e. The molecule has 2 aliphatic heterocycles. The third-order valence-corrected chi connectivity index (χ3v) is 5.79. The zero-order chi connectivity index (χ0) is 40.3. The minimum atomic E-state index is -6.57. The first kappa shape index (κ1) is 48.5. The summed E-state index contributed by atoms with van der Waals surface area (Å²) >= 11 is 0. The maximum Gasteiger partial charge on any atom is 0.463 e. The first-order valence-corrected chi connectivity index (χ1v) is 13.7. The molecule has 0 amide bonds. The average molecular weight is 798 g/mol. The molecule has 304 valence electrons. The predicted molar refractivity (Wildman–Crippen MR) is 128 cm³/mol. The lowest BCUT2D eigenvalue weighted by Crippen LogP contribution is -2.52. The van der Waals surface area contributed by atoms with Gasteiger partial charge in [0.25, 0.3) is 0 Å². The van der Waals surface area contributed by atoms with Gasteiger partial charge in [0.05, 0.1) is 26.4 Å². The Labute approximate surface area is 276 Å². The summed E-state index contributed by atoms with van der Waals surface area (Å²) in [7, 11) is 0. The van der Waals surface area contributed by atoms with Crippen LogP contribution in [0.5, 0.6) is 0 Å². The molecule has 11 nitrogen and oxygen atoms in total. The van der Waals surface area contributed by atoms with E-state index in [0.717, 1.165) is 0 Å². The molecule has 2 rings (SSSR count). The largest absolute Gasteiger partial charge is 0.463 e. The van der Waals surface area contributed by atoms with E-state index in [-0.39, 0.29) is 37.4 Å². The van der Waals surface area contributed by atoms with Crippen molar-refractivity contribution in [3.8, 4) is 0 Å². The second kappa shape index (κ2) is 18.5. The first-order valence-electron chi connectivity index (χ1n) is 13.7. The number of ether oxygens (including phenoxy) is 7. The van der Waals surface area contributed by atoms with Gasteiger partial charge in [-0.1, -0.05) is 13.8 Å². The highest BCUT2D eigenvalue weighted by atomic mass is 19.4. The van der Waals surface area contributed by atoms with Crippen molar-refractivity contribution in [1.82, 2.24) is 0 Å². The monoisotopic (exact) mass is 798 g/mol. The molecule has 4 unspecified atom stereocenters. The van der Waals surface area contributed by atoms with Crippen LogP contribution < -0.4 is 0 Å². The van der Waals surface area contributed by atoms with Crippen LogP contribution in [0.4, 0.5) is 70.5 Å².